The molecule has 0 unspecified atom stereocenters. The minimum Gasteiger partial charge on any atom is -0.252 e. The molecule has 0 saturated heterocycles. The molecule has 0 aromatic carbocycles. The van der Waals surface area contributed by atoms with Gasteiger partial charge in [0.25, 0.3) is 0 Å². The Hall–Kier alpha value is -0.860. The molecule has 0 radical (unpaired) electrons. The van der Waals surface area contributed by atoms with Crippen molar-refractivity contribution < 1.29 is 0 Å². The van der Waals surface area contributed by atoms with Crippen molar-refractivity contribution in [2.45, 2.75) is 105 Å². The minimum atomic E-state index is 0.424. The maximum Gasteiger partial charge on any atom is 0.0827 e. The number of rotatable bonds is 12. The molecule has 0 amide bonds. The van der Waals surface area contributed by atoms with E-state index in [2.05, 4.69) is 44.2 Å². The molecule has 0 aliphatic carbocycles. The van der Waals surface area contributed by atoms with Gasteiger partial charge in [-0.05, 0) is 31.1 Å². The van der Waals surface area contributed by atoms with Gasteiger partial charge in [0.15, 0.2) is 0 Å². The van der Waals surface area contributed by atoms with Crippen LogP contribution in [0.15, 0.2) is 6.20 Å². The fraction of sp³-hybridized carbons (Fsp3) is 0.895. The molecule has 1 aromatic rings. The van der Waals surface area contributed by atoms with E-state index in [1.807, 2.05) is 4.68 Å². The van der Waals surface area contributed by atoms with Crippen molar-refractivity contribution in [3.05, 3.63) is 11.9 Å². The molecule has 22 heavy (non-hydrogen) atoms. The van der Waals surface area contributed by atoms with Crippen LogP contribution >= 0.6 is 0 Å². The third-order valence-electron chi connectivity index (χ3n) is 4.19. The lowest BCUT2D eigenvalue weighted by atomic mass is 9.89. The first kappa shape index (κ1) is 19.2. The Kier molecular flexibility index (Phi) is 9.42. The molecule has 0 spiro atoms. The Morgan fingerprint density at radius 1 is 0.909 bits per heavy atom. The smallest absolute Gasteiger partial charge is 0.0827 e. The summed E-state index contributed by atoms with van der Waals surface area (Å²) in [5.74, 6) is 0. The van der Waals surface area contributed by atoms with Gasteiger partial charge in [0.2, 0.25) is 0 Å². The summed E-state index contributed by atoms with van der Waals surface area (Å²) < 4.78 is 2.03. The summed E-state index contributed by atoms with van der Waals surface area (Å²) in [6, 6.07) is 0. The molecule has 0 aliphatic heterocycles. The maximum absolute atomic E-state index is 4.30. The average molecular weight is 308 g/mol. The fourth-order valence-electron chi connectivity index (χ4n) is 2.77. The van der Waals surface area contributed by atoms with Crippen LogP contribution in [0.4, 0.5) is 0 Å². The molecule has 3 nitrogen and oxygen atoms in total. The highest BCUT2D eigenvalue weighted by Crippen LogP contribution is 2.21. The van der Waals surface area contributed by atoms with Gasteiger partial charge in [-0.25, -0.2) is 0 Å². The Labute approximate surface area is 137 Å². The lowest BCUT2D eigenvalue weighted by Gasteiger charge is -2.16. The summed E-state index contributed by atoms with van der Waals surface area (Å²) in [7, 11) is 0. The summed E-state index contributed by atoms with van der Waals surface area (Å²) in [6.45, 7) is 10.2. The molecular weight excluding hydrogens is 270 g/mol. The Balaban J connectivity index is 2.05. The summed E-state index contributed by atoms with van der Waals surface area (Å²) >= 11 is 0. The van der Waals surface area contributed by atoms with E-state index in [4.69, 9.17) is 0 Å². The average Bonchev–Trinajstić information content (AvgIpc) is 2.88. The summed E-state index contributed by atoms with van der Waals surface area (Å²) in [5, 5.41) is 8.55. The lowest BCUT2D eigenvalue weighted by molar-refractivity contribution is 0.365. The van der Waals surface area contributed by atoms with Crippen LogP contribution in [0.1, 0.15) is 97.6 Å². The van der Waals surface area contributed by atoms with Gasteiger partial charge in [0, 0.05) is 12.7 Å². The van der Waals surface area contributed by atoms with Crippen LogP contribution in [0.2, 0.25) is 0 Å². The molecule has 0 atom stereocenters. The van der Waals surface area contributed by atoms with Gasteiger partial charge in [-0.15, -0.1) is 5.10 Å². The quantitative estimate of drug-likeness (QED) is 0.458. The maximum atomic E-state index is 4.30. The highest BCUT2D eigenvalue weighted by Gasteiger charge is 2.10. The van der Waals surface area contributed by atoms with Gasteiger partial charge in [-0.3, -0.25) is 4.68 Å². The molecule has 128 valence electrons. The van der Waals surface area contributed by atoms with Gasteiger partial charge in [0.1, 0.15) is 0 Å². The molecule has 0 fully saturated rings. The number of unbranched alkanes of at least 4 members (excludes halogenated alkanes) is 7. The van der Waals surface area contributed by atoms with Crippen molar-refractivity contribution in [2.75, 3.05) is 0 Å². The largest absolute Gasteiger partial charge is 0.252 e. The van der Waals surface area contributed by atoms with Crippen molar-refractivity contribution >= 4 is 0 Å². The topological polar surface area (TPSA) is 30.7 Å². The Morgan fingerprint density at radius 3 is 2.18 bits per heavy atom. The predicted octanol–water partition coefficient (Wildman–Crippen LogP) is 5.79. The Bertz CT molecular complexity index is 376. The van der Waals surface area contributed by atoms with E-state index in [-0.39, 0.29) is 0 Å². The van der Waals surface area contributed by atoms with Crippen LogP contribution in [0, 0.1) is 5.41 Å². The standard InChI is InChI=1S/C19H37N3/c1-5-6-7-8-9-10-11-12-16-22-17-18(20-21-22)14-13-15-19(2,3)4/h17H,5-16H2,1-4H3. The predicted molar refractivity (Wildman–Crippen MR) is 95.0 cm³/mol. The summed E-state index contributed by atoms with van der Waals surface area (Å²) in [5.41, 5.74) is 1.58. The highest BCUT2D eigenvalue weighted by atomic mass is 15.4. The zero-order valence-electron chi connectivity index (χ0n) is 15.4. The van der Waals surface area contributed by atoms with Crippen LogP contribution in [0.5, 0.6) is 0 Å². The van der Waals surface area contributed by atoms with E-state index < -0.39 is 0 Å². The van der Waals surface area contributed by atoms with E-state index >= 15 is 0 Å². The molecule has 1 aromatic heterocycles. The lowest BCUT2D eigenvalue weighted by Crippen LogP contribution is -2.05. The van der Waals surface area contributed by atoms with Crippen molar-refractivity contribution in [3.63, 3.8) is 0 Å². The van der Waals surface area contributed by atoms with E-state index in [9.17, 15) is 0 Å². The molecule has 0 aliphatic rings. The minimum absolute atomic E-state index is 0.424. The first-order chi connectivity index (χ1) is 10.5. The molecular formula is C19H37N3. The van der Waals surface area contributed by atoms with Crippen LogP contribution in [-0.2, 0) is 13.0 Å². The zero-order chi connectivity index (χ0) is 16.3. The van der Waals surface area contributed by atoms with Gasteiger partial charge in [0.05, 0.1) is 5.69 Å². The number of hydrogen-bond acceptors (Lipinski definition) is 2. The van der Waals surface area contributed by atoms with E-state index in [1.54, 1.807) is 0 Å². The van der Waals surface area contributed by atoms with Crippen LogP contribution in [0.25, 0.3) is 0 Å². The SMILES string of the molecule is CCCCCCCCCCn1cc(CCCC(C)(C)C)nn1. The van der Waals surface area contributed by atoms with Crippen LogP contribution in [0.3, 0.4) is 0 Å². The van der Waals surface area contributed by atoms with Gasteiger partial charge >= 0.3 is 0 Å². The third kappa shape index (κ3) is 9.97. The second kappa shape index (κ2) is 10.8. The number of nitrogens with zero attached hydrogens (tertiary/aromatic N) is 3. The number of aromatic nitrogens is 3. The third-order valence-corrected chi connectivity index (χ3v) is 4.19. The molecule has 0 saturated carbocycles. The molecule has 3 heteroatoms. The number of aryl methyl sites for hydroxylation is 2. The first-order valence-corrected chi connectivity index (χ1v) is 9.40. The molecule has 1 heterocycles. The first-order valence-electron chi connectivity index (χ1n) is 9.40. The van der Waals surface area contributed by atoms with Crippen molar-refractivity contribution in [1.29, 1.82) is 0 Å². The van der Waals surface area contributed by atoms with Crippen LogP contribution < -0.4 is 0 Å². The summed E-state index contributed by atoms with van der Waals surface area (Å²) in [6.07, 6.45) is 16.6. The molecule has 0 bridgehead atoms. The van der Waals surface area contributed by atoms with Gasteiger partial charge in [-0.2, -0.15) is 0 Å². The monoisotopic (exact) mass is 307 g/mol. The van der Waals surface area contributed by atoms with Gasteiger partial charge < -0.3 is 0 Å². The van der Waals surface area contributed by atoms with E-state index in [1.165, 1.54) is 64.2 Å². The highest BCUT2D eigenvalue weighted by molar-refractivity contribution is 4.92. The van der Waals surface area contributed by atoms with Gasteiger partial charge in [-0.1, -0.05) is 77.9 Å². The zero-order valence-corrected chi connectivity index (χ0v) is 15.4. The normalized spacial score (nSPS) is 12.0. The molecule has 0 N–H and O–H groups in total. The van der Waals surface area contributed by atoms with Crippen molar-refractivity contribution in [3.8, 4) is 0 Å². The second-order valence-electron chi connectivity index (χ2n) is 7.86. The van der Waals surface area contributed by atoms with E-state index in [0.29, 0.717) is 5.41 Å². The van der Waals surface area contributed by atoms with Crippen molar-refractivity contribution in [2.24, 2.45) is 5.41 Å². The number of hydrogen-bond donors (Lipinski definition) is 0. The summed E-state index contributed by atoms with van der Waals surface area (Å²) in [4.78, 5) is 0. The Morgan fingerprint density at radius 2 is 1.55 bits per heavy atom. The van der Waals surface area contributed by atoms with Crippen LogP contribution in [-0.4, -0.2) is 15.0 Å². The molecule has 1 rings (SSSR count). The van der Waals surface area contributed by atoms with Crippen molar-refractivity contribution in [1.82, 2.24) is 15.0 Å². The fourth-order valence-corrected chi connectivity index (χ4v) is 2.77. The van der Waals surface area contributed by atoms with E-state index in [0.717, 1.165) is 18.7 Å². The second-order valence-corrected chi connectivity index (χ2v) is 7.86.